The van der Waals surface area contributed by atoms with Gasteiger partial charge in [0.15, 0.2) is 0 Å². The molecule has 4 heteroatoms. The first-order valence-corrected chi connectivity index (χ1v) is 5.85. The Hall–Kier alpha value is -1.00. The summed E-state index contributed by atoms with van der Waals surface area (Å²) in [6.07, 6.45) is 1.96. The van der Waals surface area contributed by atoms with Crippen molar-refractivity contribution in [1.29, 1.82) is 0 Å². The molecule has 0 aromatic heterocycles. The van der Waals surface area contributed by atoms with Gasteiger partial charge >= 0.3 is 0 Å². The van der Waals surface area contributed by atoms with Crippen LogP contribution in [0.15, 0.2) is 18.2 Å². The second-order valence-corrected chi connectivity index (χ2v) is 4.81. The van der Waals surface area contributed by atoms with E-state index >= 15 is 0 Å². The summed E-state index contributed by atoms with van der Waals surface area (Å²) in [5.41, 5.74) is -0.724. The van der Waals surface area contributed by atoms with Gasteiger partial charge in [-0.25, -0.2) is 8.78 Å². The molecule has 0 amide bonds. The third-order valence-electron chi connectivity index (χ3n) is 3.44. The monoisotopic (exact) mass is 242 g/mol. The van der Waals surface area contributed by atoms with Crippen molar-refractivity contribution in [3.63, 3.8) is 0 Å². The van der Waals surface area contributed by atoms with Crippen LogP contribution in [0.25, 0.3) is 0 Å². The largest absolute Gasteiger partial charge is 0.390 e. The smallest absolute Gasteiger partial charge is 0.126 e. The molecular weight excluding hydrogens is 226 g/mol. The average Bonchev–Trinajstić information content (AvgIpc) is 2.64. The highest BCUT2D eigenvalue weighted by Crippen LogP contribution is 2.33. The minimum Gasteiger partial charge on any atom is -0.390 e. The molecule has 0 spiro atoms. The average molecular weight is 242 g/mol. The van der Waals surface area contributed by atoms with Crippen LogP contribution in [0.5, 0.6) is 0 Å². The number of aliphatic hydroxyl groups is 2. The lowest BCUT2D eigenvalue weighted by molar-refractivity contribution is -0.0689. The summed E-state index contributed by atoms with van der Waals surface area (Å²) in [7, 11) is 0. The molecule has 0 bridgehead atoms. The van der Waals surface area contributed by atoms with Gasteiger partial charge in [-0.3, -0.25) is 0 Å². The highest BCUT2D eigenvalue weighted by atomic mass is 19.1. The molecular formula is C13H16F2O2. The lowest BCUT2D eigenvalue weighted by atomic mass is 9.90. The second kappa shape index (κ2) is 4.70. The minimum absolute atomic E-state index is 0.0746. The molecule has 1 aliphatic carbocycles. The summed E-state index contributed by atoms with van der Waals surface area (Å²) in [4.78, 5) is 0. The summed E-state index contributed by atoms with van der Waals surface area (Å²) in [6.45, 7) is 0. The molecule has 1 saturated carbocycles. The Labute approximate surface area is 98.9 Å². The SMILES string of the molecule is OC(Cc1cc(F)cc(F)c1)C1(O)CCCC1. The second-order valence-electron chi connectivity index (χ2n) is 4.81. The molecule has 1 unspecified atom stereocenters. The summed E-state index contributed by atoms with van der Waals surface area (Å²) in [5.74, 6) is -1.32. The van der Waals surface area contributed by atoms with Crippen molar-refractivity contribution in [1.82, 2.24) is 0 Å². The molecule has 0 saturated heterocycles. The van der Waals surface area contributed by atoms with Gasteiger partial charge in [0, 0.05) is 12.5 Å². The molecule has 2 rings (SSSR count). The van der Waals surface area contributed by atoms with E-state index in [1.165, 1.54) is 12.1 Å². The summed E-state index contributed by atoms with van der Waals surface area (Å²) in [6, 6.07) is 3.16. The van der Waals surface area contributed by atoms with E-state index in [-0.39, 0.29) is 6.42 Å². The molecule has 1 fully saturated rings. The van der Waals surface area contributed by atoms with Crippen LogP contribution < -0.4 is 0 Å². The molecule has 17 heavy (non-hydrogen) atoms. The fourth-order valence-electron chi connectivity index (χ4n) is 2.46. The molecule has 0 radical (unpaired) electrons. The first kappa shape index (κ1) is 12.5. The Morgan fingerprint density at radius 1 is 1.12 bits per heavy atom. The van der Waals surface area contributed by atoms with E-state index in [2.05, 4.69) is 0 Å². The van der Waals surface area contributed by atoms with E-state index in [9.17, 15) is 19.0 Å². The molecule has 2 nitrogen and oxygen atoms in total. The third kappa shape index (κ3) is 2.82. The van der Waals surface area contributed by atoms with Gasteiger partial charge in [-0.2, -0.15) is 0 Å². The summed E-state index contributed by atoms with van der Waals surface area (Å²) >= 11 is 0. The van der Waals surface area contributed by atoms with E-state index in [0.717, 1.165) is 18.9 Å². The number of aliphatic hydroxyl groups excluding tert-OH is 1. The Morgan fingerprint density at radius 2 is 1.65 bits per heavy atom. The maximum atomic E-state index is 13.0. The summed E-state index contributed by atoms with van der Waals surface area (Å²) < 4.78 is 25.9. The van der Waals surface area contributed by atoms with E-state index in [4.69, 9.17) is 0 Å². The van der Waals surface area contributed by atoms with E-state index in [1.807, 2.05) is 0 Å². The predicted octanol–water partition coefficient (Wildman–Crippen LogP) is 2.17. The van der Waals surface area contributed by atoms with Crippen molar-refractivity contribution in [3.8, 4) is 0 Å². The Kier molecular flexibility index (Phi) is 3.45. The van der Waals surface area contributed by atoms with Gasteiger partial charge in [-0.15, -0.1) is 0 Å². The zero-order valence-corrected chi connectivity index (χ0v) is 9.50. The van der Waals surface area contributed by atoms with E-state index in [0.29, 0.717) is 18.4 Å². The number of rotatable bonds is 3. The first-order chi connectivity index (χ1) is 7.99. The summed E-state index contributed by atoms with van der Waals surface area (Å²) in [5, 5.41) is 20.1. The Bertz CT molecular complexity index is 380. The molecule has 0 heterocycles. The quantitative estimate of drug-likeness (QED) is 0.852. The molecule has 2 N–H and O–H groups in total. The van der Waals surface area contributed by atoms with Crippen molar-refractivity contribution in [2.45, 2.75) is 43.8 Å². The van der Waals surface area contributed by atoms with Gasteiger partial charge in [-0.1, -0.05) is 12.8 Å². The molecule has 1 aromatic carbocycles. The zero-order chi connectivity index (χ0) is 12.5. The number of hydrogen-bond donors (Lipinski definition) is 2. The van der Waals surface area contributed by atoms with Crippen molar-refractivity contribution >= 4 is 0 Å². The van der Waals surface area contributed by atoms with Gasteiger partial charge in [0.2, 0.25) is 0 Å². The normalized spacial score (nSPS) is 20.5. The van der Waals surface area contributed by atoms with Crippen molar-refractivity contribution in [3.05, 3.63) is 35.4 Å². The Balaban J connectivity index is 2.09. The number of halogens is 2. The fraction of sp³-hybridized carbons (Fsp3) is 0.538. The van der Waals surface area contributed by atoms with Crippen LogP contribution >= 0.6 is 0 Å². The number of hydrogen-bond acceptors (Lipinski definition) is 2. The van der Waals surface area contributed by atoms with Crippen LogP contribution in [-0.4, -0.2) is 21.9 Å². The van der Waals surface area contributed by atoms with Crippen LogP contribution in [0.2, 0.25) is 0 Å². The standard InChI is InChI=1S/C13H16F2O2/c14-10-5-9(6-11(15)8-10)7-12(16)13(17)3-1-2-4-13/h5-6,8,12,16-17H,1-4,7H2. The molecule has 1 aliphatic rings. The zero-order valence-electron chi connectivity index (χ0n) is 9.50. The van der Waals surface area contributed by atoms with Gasteiger partial charge in [0.1, 0.15) is 11.6 Å². The lowest BCUT2D eigenvalue weighted by Gasteiger charge is -2.28. The van der Waals surface area contributed by atoms with Crippen LogP contribution in [0, 0.1) is 11.6 Å². The molecule has 94 valence electrons. The maximum absolute atomic E-state index is 13.0. The van der Waals surface area contributed by atoms with Crippen LogP contribution in [0.1, 0.15) is 31.2 Å². The van der Waals surface area contributed by atoms with Crippen molar-refractivity contribution < 1.29 is 19.0 Å². The van der Waals surface area contributed by atoms with Gasteiger partial charge < -0.3 is 10.2 Å². The van der Waals surface area contributed by atoms with Crippen molar-refractivity contribution in [2.75, 3.05) is 0 Å². The topological polar surface area (TPSA) is 40.5 Å². The van der Waals surface area contributed by atoms with Crippen molar-refractivity contribution in [2.24, 2.45) is 0 Å². The maximum Gasteiger partial charge on any atom is 0.126 e. The van der Waals surface area contributed by atoms with Gasteiger partial charge in [-0.05, 0) is 30.5 Å². The minimum atomic E-state index is -1.09. The van der Waals surface area contributed by atoms with E-state index < -0.39 is 23.3 Å². The molecule has 1 atom stereocenters. The molecule has 0 aliphatic heterocycles. The number of benzene rings is 1. The first-order valence-electron chi connectivity index (χ1n) is 5.85. The van der Waals surface area contributed by atoms with Crippen LogP contribution in [0.4, 0.5) is 8.78 Å². The van der Waals surface area contributed by atoms with Gasteiger partial charge in [0.05, 0.1) is 11.7 Å². The van der Waals surface area contributed by atoms with Crippen LogP contribution in [-0.2, 0) is 6.42 Å². The van der Waals surface area contributed by atoms with Crippen LogP contribution in [0.3, 0.4) is 0 Å². The highest BCUT2D eigenvalue weighted by Gasteiger charge is 2.38. The lowest BCUT2D eigenvalue weighted by Crippen LogP contribution is -2.40. The predicted molar refractivity (Wildman–Crippen MR) is 59.5 cm³/mol. The Morgan fingerprint density at radius 3 is 2.18 bits per heavy atom. The third-order valence-corrected chi connectivity index (χ3v) is 3.44. The molecule has 1 aromatic rings. The highest BCUT2D eigenvalue weighted by molar-refractivity contribution is 5.19. The van der Waals surface area contributed by atoms with E-state index in [1.54, 1.807) is 0 Å². The fourth-order valence-corrected chi connectivity index (χ4v) is 2.46. The van der Waals surface area contributed by atoms with Gasteiger partial charge in [0.25, 0.3) is 0 Å².